The Bertz CT molecular complexity index is 1190. The summed E-state index contributed by atoms with van der Waals surface area (Å²) in [4.78, 5) is 4.39. The van der Waals surface area contributed by atoms with Gasteiger partial charge in [0, 0.05) is 42.4 Å². The molecule has 1 N–H and O–H groups in total. The van der Waals surface area contributed by atoms with E-state index >= 15 is 0 Å². The number of aromatic nitrogens is 2. The molecule has 0 unspecified atom stereocenters. The molecule has 1 fully saturated rings. The Labute approximate surface area is 182 Å². The van der Waals surface area contributed by atoms with Gasteiger partial charge < -0.3 is 4.90 Å². The fraction of sp³-hybridized carbons (Fsp3) is 0.409. The van der Waals surface area contributed by atoms with Crippen LogP contribution in [-0.2, 0) is 10.0 Å². The number of piperazine rings is 1. The number of hydrogen-bond donors (Lipinski definition) is 1. The molecule has 0 bridgehead atoms. The quantitative estimate of drug-likeness (QED) is 0.655. The molecule has 0 spiro atoms. The SMILES string of the molecule is Cc1cccc(N2CCN(S(=O)(=O)c3cc(-c4n[nH]c(C)c4C)sc3C)CC2)c1C. The highest BCUT2D eigenvalue weighted by Gasteiger charge is 2.31. The number of aromatic amines is 1. The summed E-state index contributed by atoms with van der Waals surface area (Å²) in [5.74, 6) is 0. The van der Waals surface area contributed by atoms with E-state index in [2.05, 4.69) is 47.1 Å². The molecule has 0 aliphatic carbocycles. The van der Waals surface area contributed by atoms with Gasteiger partial charge in [0.05, 0.1) is 9.77 Å². The van der Waals surface area contributed by atoms with Gasteiger partial charge in [-0.15, -0.1) is 11.3 Å². The first kappa shape index (κ1) is 21.1. The van der Waals surface area contributed by atoms with Crippen molar-refractivity contribution in [2.45, 2.75) is 39.5 Å². The fourth-order valence-corrected chi connectivity index (χ4v) is 6.98. The lowest BCUT2D eigenvalue weighted by Crippen LogP contribution is -2.48. The van der Waals surface area contributed by atoms with Gasteiger partial charge in [-0.2, -0.15) is 9.40 Å². The van der Waals surface area contributed by atoms with Crippen LogP contribution in [0.25, 0.3) is 10.6 Å². The van der Waals surface area contributed by atoms with Gasteiger partial charge >= 0.3 is 0 Å². The number of nitrogens with one attached hydrogen (secondary N) is 1. The van der Waals surface area contributed by atoms with Gasteiger partial charge in [0.2, 0.25) is 10.0 Å². The summed E-state index contributed by atoms with van der Waals surface area (Å²) >= 11 is 1.49. The predicted octanol–water partition coefficient (Wildman–Crippen LogP) is 4.19. The van der Waals surface area contributed by atoms with Gasteiger partial charge in [-0.1, -0.05) is 12.1 Å². The Morgan fingerprint density at radius 2 is 1.70 bits per heavy atom. The average molecular weight is 445 g/mol. The molecular weight excluding hydrogens is 416 g/mol. The van der Waals surface area contributed by atoms with E-state index in [-0.39, 0.29) is 0 Å². The van der Waals surface area contributed by atoms with E-state index in [1.807, 2.05) is 20.8 Å². The molecule has 1 aliphatic heterocycles. The zero-order valence-electron chi connectivity index (χ0n) is 18.1. The third-order valence-corrected chi connectivity index (χ3v) is 9.34. The first-order valence-electron chi connectivity index (χ1n) is 10.1. The van der Waals surface area contributed by atoms with Crippen molar-refractivity contribution in [3.63, 3.8) is 0 Å². The molecular formula is C22H28N4O2S2. The van der Waals surface area contributed by atoms with Crippen LogP contribution in [0.1, 0.15) is 27.3 Å². The highest BCUT2D eigenvalue weighted by Crippen LogP contribution is 2.36. The molecule has 0 amide bonds. The smallest absolute Gasteiger partial charge is 0.244 e. The normalized spacial score (nSPS) is 15.7. The minimum atomic E-state index is -3.53. The lowest BCUT2D eigenvalue weighted by atomic mass is 10.1. The molecule has 3 heterocycles. The molecule has 3 aromatic rings. The number of thiophene rings is 1. The first-order valence-corrected chi connectivity index (χ1v) is 12.4. The van der Waals surface area contributed by atoms with Crippen LogP contribution in [-0.4, -0.2) is 49.1 Å². The second-order valence-corrected chi connectivity index (χ2v) is 11.1. The molecule has 0 saturated carbocycles. The first-order chi connectivity index (χ1) is 14.2. The van der Waals surface area contributed by atoms with E-state index in [9.17, 15) is 8.42 Å². The monoisotopic (exact) mass is 444 g/mol. The van der Waals surface area contributed by atoms with Crippen LogP contribution in [0.3, 0.4) is 0 Å². The maximum absolute atomic E-state index is 13.4. The van der Waals surface area contributed by atoms with Crippen molar-refractivity contribution in [1.29, 1.82) is 0 Å². The zero-order chi connectivity index (χ0) is 21.6. The number of nitrogens with zero attached hydrogens (tertiary/aromatic N) is 3. The Kier molecular flexibility index (Phi) is 5.50. The van der Waals surface area contributed by atoms with E-state index in [0.717, 1.165) is 26.7 Å². The second kappa shape index (κ2) is 7.83. The molecule has 0 radical (unpaired) electrons. The van der Waals surface area contributed by atoms with Crippen molar-refractivity contribution >= 4 is 27.0 Å². The van der Waals surface area contributed by atoms with E-state index in [4.69, 9.17) is 0 Å². The number of hydrogen-bond acceptors (Lipinski definition) is 5. The van der Waals surface area contributed by atoms with Gasteiger partial charge in [0.25, 0.3) is 0 Å². The topological polar surface area (TPSA) is 69.3 Å². The van der Waals surface area contributed by atoms with Gasteiger partial charge in [-0.3, -0.25) is 5.10 Å². The molecule has 4 rings (SSSR count). The van der Waals surface area contributed by atoms with Crippen molar-refractivity contribution in [3.8, 4) is 10.6 Å². The summed E-state index contributed by atoms with van der Waals surface area (Å²) in [6, 6.07) is 8.08. The Balaban J connectivity index is 1.55. The molecule has 6 nitrogen and oxygen atoms in total. The maximum Gasteiger partial charge on any atom is 0.244 e. The largest absolute Gasteiger partial charge is 0.369 e. The lowest BCUT2D eigenvalue weighted by Gasteiger charge is -2.36. The highest BCUT2D eigenvalue weighted by molar-refractivity contribution is 7.89. The van der Waals surface area contributed by atoms with E-state index < -0.39 is 10.0 Å². The maximum atomic E-state index is 13.4. The summed E-state index contributed by atoms with van der Waals surface area (Å²) in [7, 11) is -3.53. The van der Waals surface area contributed by atoms with Crippen LogP contribution in [0.5, 0.6) is 0 Å². The molecule has 1 aromatic carbocycles. The second-order valence-electron chi connectivity index (χ2n) is 7.96. The van der Waals surface area contributed by atoms with E-state index in [1.54, 1.807) is 10.4 Å². The summed E-state index contributed by atoms with van der Waals surface area (Å²) in [6.07, 6.45) is 0. The summed E-state index contributed by atoms with van der Waals surface area (Å²) in [5.41, 5.74) is 6.61. The van der Waals surface area contributed by atoms with Crippen molar-refractivity contribution in [1.82, 2.24) is 14.5 Å². The minimum absolute atomic E-state index is 0.405. The minimum Gasteiger partial charge on any atom is -0.369 e. The molecule has 8 heteroatoms. The standard InChI is InChI=1S/C22H28N4O2S2/c1-14-7-6-8-19(15(14)2)25-9-11-26(12-10-25)30(27,28)21-13-20(29-18(21)5)22-16(3)17(4)23-24-22/h6-8,13H,9-12H2,1-5H3,(H,23,24). The Morgan fingerprint density at radius 1 is 1.00 bits per heavy atom. The van der Waals surface area contributed by atoms with Crippen LogP contribution in [0, 0.1) is 34.6 Å². The predicted molar refractivity (Wildman–Crippen MR) is 123 cm³/mol. The molecule has 1 saturated heterocycles. The van der Waals surface area contributed by atoms with Gasteiger partial charge in [0.15, 0.2) is 0 Å². The van der Waals surface area contributed by atoms with Gasteiger partial charge in [-0.25, -0.2) is 8.42 Å². The molecule has 2 aromatic heterocycles. The van der Waals surface area contributed by atoms with Crippen LogP contribution in [0.15, 0.2) is 29.2 Å². The lowest BCUT2D eigenvalue weighted by molar-refractivity contribution is 0.384. The number of benzene rings is 1. The number of H-pyrrole nitrogens is 1. The third-order valence-electron chi connectivity index (χ3n) is 6.13. The van der Waals surface area contributed by atoms with Crippen molar-refractivity contribution in [2.24, 2.45) is 0 Å². The third kappa shape index (κ3) is 3.57. The zero-order valence-corrected chi connectivity index (χ0v) is 19.7. The molecule has 160 valence electrons. The Morgan fingerprint density at radius 3 is 2.33 bits per heavy atom. The van der Waals surface area contributed by atoms with Crippen molar-refractivity contribution in [2.75, 3.05) is 31.1 Å². The number of sulfonamides is 1. The molecule has 30 heavy (non-hydrogen) atoms. The summed E-state index contributed by atoms with van der Waals surface area (Å²) in [6.45, 7) is 12.4. The van der Waals surface area contributed by atoms with Gasteiger partial charge in [-0.05, 0) is 63.4 Å². The summed E-state index contributed by atoms with van der Waals surface area (Å²) < 4.78 is 28.4. The fourth-order valence-electron chi connectivity index (χ4n) is 3.95. The van der Waals surface area contributed by atoms with E-state index in [0.29, 0.717) is 31.1 Å². The van der Waals surface area contributed by atoms with Crippen LogP contribution >= 0.6 is 11.3 Å². The summed E-state index contributed by atoms with van der Waals surface area (Å²) in [5, 5.41) is 7.35. The Hall–Kier alpha value is -2.16. The van der Waals surface area contributed by atoms with Crippen LogP contribution in [0.2, 0.25) is 0 Å². The van der Waals surface area contributed by atoms with Crippen molar-refractivity contribution < 1.29 is 8.42 Å². The molecule has 1 aliphatic rings. The molecule has 0 atom stereocenters. The average Bonchev–Trinajstić information content (AvgIpc) is 3.27. The van der Waals surface area contributed by atoms with Crippen molar-refractivity contribution in [3.05, 3.63) is 51.5 Å². The highest BCUT2D eigenvalue weighted by atomic mass is 32.2. The van der Waals surface area contributed by atoms with Crippen LogP contribution in [0.4, 0.5) is 5.69 Å². The van der Waals surface area contributed by atoms with Gasteiger partial charge in [0.1, 0.15) is 5.69 Å². The number of aryl methyl sites for hydroxylation is 3. The van der Waals surface area contributed by atoms with E-state index in [1.165, 1.54) is 28.2 Å². The number of rotatable bonds is 4. The number of anilines is 1. The van der Waals surface area contributed by atoms with Crippen LogP contribution < -0.4 is 4.90 Å².